The van der Waals surface area contributed by atoms with Crippen molar-refractivity contribution in [3.05, 3.63) is 59.9 Å². The molecule has 0 fully saturated rings. The van der Waals surface area contributed by atoms with E-state index >= 15 is 0 Å². The summed E-state index contributed by atoms with van der Waals surface area (Å²) in [7, 11) is 0. The summed E-state index contributed by atoms with van der Waals surface area (Å²) in [6.07, 6.45) is 12.3. The van der Waals surface area contributed by atoms with Crippen LogP contribution in [0.15, 0.2) is 59.9 Å². The molecule has 0 aromatic carbocycles. The molecule has 4 heteroatoms. The predicted octanol–water partition coefficient (Wildman–Crippen LogP) is 1.52. The van der Waals surface area contributed by atoms with E-state index in [1.54, 1.807) is 29.5 Å². The number of carboxylic acids is 1. The molecule has 0 saturated carbocycles. The lowest BCUT2D eigenvalue weighted by Crippen LogP contribution is -2.40. The summed E-state index contributed by atoms with van der Waals surface area (Å²) in [5, 5.41) is 9.09. The van der Waals surface area contributed by atoms with Gasteiger partial charge >= 0.3 is 5.97 Å². The molecule has 3 heterocycles. The molecule has 1 N–H and O–H groups in total. The summed E-state index contributed by atoms with van der Waals surface area (Å²) >= 11 is 0. The molecule has 16 heavy (non-hydrogen) atoms. The van der Waals surface area contributed by atoms with Crippen molar-refractivity contribution in [2.45, 2.75) is 6.04 Å². The minimum Gasteiger partial charge on any atom is -0.477 e. The minimum atomic E-state index is -0.934. The Kier molecular flexibility index (Phi) is 1.77. The summed E-state index contributed by atoms with van der Waals surface area (Å²) in [5.41, 5.74) is 1.29. The standard InChI is InChI=1S/C12H9NO3/c14-12(15)9-4-3-8-5-7-16-10-2-1-6-13(9)11(8)10/h1-7,11H,(H,14,15). The van der Waals surface area contributed by atoms with Crippen molar-refractivity contribution in [3.8, 4) is 0 Å². The smallest absolute Gasteiger partial charge is 0.352 e. The van der Waals surface area contributed by atoms with Crippen LogP contribution in [0.1, 0.15) is 0 Å². The van der Waals surface area contributed by atoms with Gasteiger partial charge in [-0.15, -0.1) is 0 Å². The van der Waals surface area contributed by atoms with Gasteiger partial charge < -0.3 is 14.7 Å². The molecular formula is C12H9NO3. The molecule has 0 saturated heterocycles. The fourth-order valence-electron chi connectivity index (χ4n) is 2.06. The third kappa shape index (κ3) is 1.13. The molecule has 3 rings (SSSR count). The summed E-state index contributed by atoms with van der Waals surface area (Å²) in [5.74, 6) is -0.182. The van der Waals surface area contributed by atoms with E-state index in [9.17, 15) is 4.79 Å². The Morgan fingerprint density at radius 1 is 1.38 bits per heavy atom. The maximum atomic E-state index is 11.1. The number of ether oxygens (including phenoxy) is 1. The zero-order valence-corrected chi connectivity index (χ0v) is 8.33. The normalized spacial score (nSPS) is 25.1. The molecule has 3 aliphatic rings. The lowest BCUT2D eigenvalue weighted by Gasteiger charge is -2.38. The first kappa shape index (κ1) is 9.03. The van der Waals surface area contributed by atoms with Gasteiger partial charge in [-0.1, -0.05) is 6.08 Å². The number of rotatable bonds is 1. The molecule has 0 radical (unpaired) electrons. The molecular weight excluding hydrogens is 206 g/mol. The second-order valence-electron chi connectivity index (χ2n) is 3.66. The van der Waals surface area contributed by atoms with Gasteiger partial charge in [0.25, 0.3) is 0 Å². The van der Waals surface area contributed by atoms with E-state index in [0.29, 0.717) is 0 Å². The van der Waals surface area contributed by atoms with Crippen molar-refractivity contribution in [1.29, 1.82) is 0 Å². The first-order valence-corrected chi connectivity index (χ1v) is 4.92. The molecule has 1 atom stereocenters. The fourth-order valence-corrected chi connectivity index (χ4v) is 2.06. The van der Waals surface area contributed by atoms with Gasteiger partial charge in [-0.3, -0.25) is 0 Å². The summed E-state index contributed by atoms with van der Waals surface area (Å²) in [6, 6.07) is -0.133. The Balaban J connectivity index is 2.14. The van der Waals surface area contributed by atoms with Gasteiger partial charge in [0.15, 0.2) is 0 Å². The average molecular weight is 215 g/mol. The molecule has 0 bridgehead atoms. The van der Waals surface area contributed by atoms with Crippen molar-refractivity contribution < 1.29 is 14.6 Å². The van der Waals surface area contributed by atoms with Gasteiger partial charge in [0.05, 0.1) is 6.26 Å². The molecule has 0 aromatic heterocycles. The Bertz CT molecular complexity index is 508. The first-order chi connectivity index (χ1) is 7.77. The molecule has 4 nitrogen and oxygen atoms in total. The number of carboxylic acid groups (broad SMARTS) is 1. The van der Waals surface area contributed by atoms with Crippen LogP contribution in [0.2, 0.25) is 0 Å². The maximum absolute atomic E-state index is 11.1. The predicted molar refractivity (Wildman–Crippen MR) is 56.9 cm³/mol. The van der Waals surface area contributed by atoms with E-state index in [-0.39, 0.29) is 11.7 Å². The van der Waals surface area contributed by atoms with Crippen LogP contribution in [0.5, 0.6) is 0 Å². The van der Waals surface area contributed by atoms with E-state index in [1.807, 2.05) is 18.2 Å². The number of hydrogen-bond acceptors (Lipinski definition) is 3. The topological polar surface area (TPSA) is 49.8 Å². The molecule has 80 valence electrons. The third-order valence-corrected chi connectivity index (χ3v) is 2.77. The second kappa shape index (κ2) is 3.13. The van der Waals surface area contributed by atoms with E-state index in [0.717, 1.165) is 11.3 Å². The molecule has 0 amide bonds. The van der Waals surface area contributed by atoms with Gasteiger partial charge in [-0.2, -0.15) is 0 Å². The lowest BCUT2D eigenvalue weighted by molar-refractivity contribution is -0.134. The lowest BCUT2D eigenvalue weighted by atomic mass is 9.95. The van der Waals surface area contributed by atoms with Crippen LogP contribution in [-0.2, 0) is 9.53 Å². The van der Waals surface area contributed by atoms with E-state index < -0.39 is 5.97 Å². The summed E-state index contributed by atoms with van der Waals surface area (Å²) in [6.45, 7) is 0. The number of hydrogen-bond donors (Lipinski definition) is 1. The monoisotopic (exact) mass is 215 g/mol. The van der Waals surface area contributed by atoms with Gasteiger partial charge in [-0.25, -0.2) is 4.79 Å². The first-order valence-electron chi connectivity index (χ1n) is 4.92. The van der Waals surface area contributed by atoms with E-state index in [4.69, 9.17) is 9.84 Å². The molecule has 1 unspecified atom stereocenters. The van der Waals surface area contributed by atoms with Crippen LogP contribution in [0, 0.1) is 0 Å². The minimum absolute atomic E-state index is 0.133. The van der Waals surface area contributed by atoms with Gasteiger partial charge in [0.1, 0.15) is 17.5 Å². The van der Waals surface area contributed by atoms with E-state index in [1.165, 1.54) is 0 Å². The third-order valence-electron chi connectivity index (χ3n) is 2.77. The molecule has 0 aromatic rings. The Hall–Kier alpha value is -2.23. The highest BCUT2D eigenvalue weighted by Crippen LogP contribution is 2.34. The Morgan fingerprint density at radius 3 is 3.06 bits per heavy atom. The van der Waals surface area contributed by atoms with Gasteiger partial charge in [0, 0.05) is 6.20 Å². The molecule has 0 aliphatic carbocycles. The quantitative estimate of drug-likeness (QED) is 0.720. The maximum Gasteiger partial charge on any atom is 0.352 e. The zero-order valence-electron chi connectivity index (χ0n) is 8.33. The SMILES string of the molecule is O=C(O)C1=CC=C2C=COC3=CC=CN1C23. The van der Waals surface area contributed by atoms with Crippen LogP contribution in [0.3, 0.4) is 0 Å². The highest BCUT2D eigenvalue weighted by Gasteiger charge is 2.34. The number of aliphatic carboxylic acids is 1. The largest absolute Gasteiger partial charge is 0.477 e. The van der Waals surface area contributed by atoms with Gasteiger partial charge in [0.2, 0.25) is 0 Å². The average Bonchev–Trinajstić information content (AvgIpc) is 2.30. The van der Waals surface area contributed by atoms with Crippen molar-refractivity contribution in [2.75, 3.05) is 0 Å². The number of carbonyl (C=O) groups is 1. The Morgan fingerprint density at radius 2 is 2.25 bits per heavy atom. The summed E-state index contributed by atoms with van der Waals surface area (Å²) < 4.78 is 5.37. The fraction of sp³-hybridized carbons (Fsp3) is 0.0833. The van der Waals surface area contributed by atoms with Crippen LogP contribution in [0.4, 0.5) is 0 Å². The number of allylic oxidation sites excluding steroid dienone is 4. The highest BCUT2D eigenvalue weighted by molar-refractivity contribution is 5.87. The molecule has 3 aliphatic heterocycles. The van der Waals surface area contributed by atoms with Crippen LogP contribution >= 0.6 is 0 Å². The van der Waals surface area contributed by atoms with Gasteiger partial charge in [-0.05, 0) is 29.9 Å². The van der Waals surface area contributed by atoms with Crippen molar-refractivity contribution in [1.82, 2.24) is 4.90 Å². The van der Waals surface area contributed by atoms with Crippen LogP contribution < -0.4 is 0 Å². The van der Waals surface area contributed by atoms with Crippen molar-refractivity contribution in [2.24, 2.45) is 0 Å². The zero-order chi connectivity index (χ0) is 11.1. The number of nitrogens with zero attached hydrogens (tertiary/aromatic N) is 1. The van der Waals surface area contributed by atoms with Crippen molar-refractivity contribution >= 4 is 5.97 Å². The molecule has 0 spiro atoms. The highest BCUT2D eigenvalue weighted by atomic mass is 16.5. The van der Waals surface area contributed by atoms with Crippen molar-refractivity contribution in [3.63, 3.8) is 0 Å². The summed E-state index contributed by atoms with van der Waals surface area (Å²) in [4.78, 5) is 12.8. The van der Waals surface area contributed by atoms with Crippen LogP contribution in [-0.4, -0.2) is 22.0 Å². The second-order valence-corrected chi connectivity index (χ2v) is 3.66. The van der Waals surface area contributed by atoms with E-state index in [2.05, 4.69) is 0 Å². The van der Waals surface area contributed by atoms with Crippen LogP contribution in [0.25, 0.3) is 0 Å². The Labute approximate surface area is 92.1 Å².